The minimum absolute atomic E-state index is 0. The summed E-state index contributed by atoms with van der Waals surface area (Å²) in [6.07, 6.45) is 1.55. The Morgan fingerprint density at radius 1 is 1.35 bits per heavy atom. The molecule has 0 saturated carbocycles. The summed E-state index contributed by atoms with van der Waals surface area (Å²) in [4.78, 5) is 24.6. The summed E-state index contributed by atoms with van der Waals surface area (Å²) in [7, 11) is 0. The molecule has 0 aromatic carbocycles. The summed E-state index contributed by atoms with van der Waals surface area (Å²) < 4.78 is 4.96. The Bertz CT molecular complexity index is 310. The van der Waals surface area contributed by atoms with E-state index in [4.69, 9.17) is 4.74 Å². The zero-order valence-electron chi connectivity index (χ0n) is 9.76. The van der Waals surface area contributed by atoms with Crippen molar-refractivity contribution < 1.29 is 58.6 Å². The van der Waals surface area contributed by atoms with Crippen LogP contribution in [0.5, 0.6) is 0 Å². The minimum Gasteiger partial charge on any atom is -0.548 e. The molecule has 7 nitrogen and oxygen atoms in total. The van der Waals surface area contributed by atoms with Crippen molar-refractivity contribution in [1.29, 1.82) is 0 Å². The second kappa shape index (κ2) is 7.78. The van der Waals surface area contributed by atoms with E-state index in [9.17, 15) is 19.8 Å². The van der Waals surface area contributed by atoms with Gasteiger partial charge in [0.05, 0.1) is 31.7 Å². The number of carbonyl (C=O) groups excluding carboxylic acids is 2. The second-order valence-corrected chi connectivity index (χ2v) is 3.64. The van der Waals surface area contributed by atoms with Crippen LogP contribution in [0.15, 0.2) is 4.99 Å². The van der Waals surface area contributed by atoms with Gasteiger partial charge >= 0.3 is 29.6 Å². The van der Waals surface area contributed by atoms with Crippen molar-refractivity contribution in [3.63, 3.8) is 0 Å². The third kappa shape index (κ3) is 6.13. The predicted molar refractivity (Wildman–Crippen MR) is 49.1 cm³/mol. The zero-order valence-corrected chi connectivity index (χ0v) is 11.8. The fourth-order valence-corrected chi connectivity index (χ4v) is 1.57. The van der Waals surface area contributed by atoms with Gasteiger partial charge in [-0.1, -0.05) is 0 Å². The van der Waals surface area contributed by atoms with E-state index in [0.717, 1.165) is 0 Å². The van der Waals surface area contributed by atoms with E-state index in [1.807, 2.05) is 0 Å². The minimum atomic E-state index is -1.29. The van der Waals surface area contributed by atoms with E-state index >= 15 is 0 Å². The van der Waals surface area contributed by atoms with Crippen LogP contribution in [0.4, 0.5) is 0 Å². The van der Waals surface area contributed by atoms with E-state index in [-0.39, 0.29) is 47.2 Å². The molecule has 1 aliphatic rings. The van der Waals surface area contributed by atoms with Crippen LogP contribution in [-0.2, 0) is 14.3 Å². The van der Waals surface area contributed by atoms with Crippen LogP contribution in [0.3, 0.4) is 0 Å². The van der Waals surface area contributed by atoms with Crippen molar-refractivity contribution in [2.24, 2.45) is 4.99 Å². The van der Waals surface area contributed by atoms with Gasteiger partial charge in [0.2, 0.25) is 0 Å². The molecule has 1 aliphatic heterocycles. The maximum absolute atomic E-state index is 10.6. The molecular weight excluding hydrogens is 239 g/mol. The normalized spacial score (nSPS) is 22.1. The molecule has 0 aromatic heterocycles. The van der Waals surface area contributed by atoms with E-state index < -0.39 is 18.5 Å². The monoisotopic (exact) mass is 252 g/mol. The Morgan fingerprint density at radius 2 is 2.06 bits per heavy atom. The Morgan fingerprint density at radius 3 is 2.53 bits per heavy atom. The number of aliphatic imine (C=N–C) groups is 1. The Balaban J connectivity index is 0.00000256. The molecule has 8 heteroatoms. The Labute approximate surface area is 121 Å². The van der Waals surface area contributed by atoms with Crippen molar-refractivity contribution in [2.45, 2.75) is 0 Å². The maximum Gasteiger partial charge on any atom is 1.00 e. The first-order valence-corrected chi connectivity index (χ1v) is 4.88. The molecule has 1 atom stereocenters. The third-order valence-electron chi connectivity index (χ3n) is 2.35. The van der Waals surface area contributed by atoms with Gasteiger partial charge < -0.3 is 24.5 Å². The number of quaternary nitrogens is 1. The zero-order chi connectivity index (χ0) is 12.0. The topological polar surface area (TPSA) is 102 Å². The largest absolute Gasteiger partial charge is 1.00 e. The number of hydrogen-bond acceptors (Lipinski definition) is 6. The van der Waals surface area contributed by atoms with Crippen LogP contribution in [0.25, 0.3) is 0 Å². The third-order valence-corrected chi connectivity index (χ3v) is 2.35. The molecule has 0 aliphatic carbocycles. The Kier molecular flexibility index (Phi) is 7.56. The van der Waals surface area contributed by atoms with E-state index in [2.05, 4.69) is 4.99 Å². The number of nitrogens with zero attached hydrogens (tertiary/aromatic N) is 2. The molecule has 1 rings (SSSR count). The van der Waals surface area contributed by atoms with Gasteiger partial charge in [-0.25, -0.2) is 4.99 Å². The summed E-state index contributed by atoms with van der Waals surface area (Å²) in [5.74, 6) is -2.45. The molecule has 0 fully saturated rings. The molecule has 90 valence electrons. The summed E-state index contributed by atoms with van der Waals surface area (Å²) in [5.41, 5.74) is 0. The molecule has 0 aromatic rings. The van der Waals surface area contributed by atoms with Crippen LogP contribution in [0.1, 0.15) is 0 Å². The number of hydrogen-bond donors (Lipinski definition) is 0. The number of carboxylic acid groups (broad SMARTS) is 2. The van der Waals surface area contributed by atoms with Crippen molar-refractivity contribution in [3.05, 3.63) is 0 Å². The molecule has 0 bridgehead atoms. The molecular formula is C9H13N2NaO5. The average Bonchev–Trinajstić information content (AvgIpc) is 2.60. The Hall–Kier alpha value is -0.470. The number of carboxylic acids is 2. The van der Waals surface area contributed by atoms with Crippen LogP contribution < -0.4 is 39.8 Å². The quantitative estimate of drug-likeness (QED) is 0.255. The van der Waals surface area contributed by atoms with E-state index in [1.165, 1.54) is 0 Å². The van der Waals surface area contributed by atoms with E-state index in [0.29, 0.717) is 19.6 Å². The first-order chi connectivity index (χ1) is 7.54. The van der Waals surface area contributed by atoms with Crippen LogP contribution >= 0.6 is 0 Å². The van der Waals surface area contributed by atoms with Gasteiger partial charge in [0.15, 0.2) is 6.34 Å². The molecule has 0 saturated heterocycles. The fourth-order valence-electron chi connectivity index (χ4n) is 1.57. The molecule has 1 unspecified atom stereocenters. The first-order valence-electron chi connectivity index (χ1n) is 4.88. The smallest absolute Gasteiger partial charge is 0.548 e. The van der Waals surface area contributed by atoms with Gasteiger partial charge in [-0.2, -0.15) is 0 Å². The van der Waals surface area contributed by atoms with Gasteiger partial charge in [0.25, 0.3) is 0 Å². The van der Waals surface area contributed by atoms with Gasteiger partial charge in [0.1, 0.15) is 19.6 Å². The summed E-state index contributed by atoms with van der Waals surface area (Å²) >= 11 is 0. The fraction of sp³-hybridized carbons (Fsp3) is 0.667. The van der Waals surface area contributed by atoms with Crippen LogP contribution in [-0.4, -0.2) is 62.2 Å². The number of rotatable bonds is 7. The maximum atomic E-state index is 10.6. The number of ether oxygens (including phenoxy) is 1. The number of carbonyl (C=O) groups is 2. The second-order valence-electron chi connectivity index (χ2n) is 3.64. The van der Waals surface area contributed by atoms with Gasteiger partial charge in [0, 0.05) is 0 Å². The molecule has 0 amide bonds. The van der Waals surface area contributed by atoms with E-state index in [1.54, 1.807) is 6.34 Å². The average molecular weight is 252 g/mol. The van der Waals surface area contributed by atoms with Crippen LogP contribution in [0, 0.1) is 0 Å². The van der Waals surface area contributed by atoms with Crippen molar-refractivity contribution >= 4 is 18.3 Å². The number of aliphatic carboxylic acids is 2. The van der Waals surface area contributed by atoms with Crippen molar-refractivity contribution in [2.75, 3.05) is 39.4 Å². The SMILES string of the molecule is O=C([O-])COCC[N+]1(CC(=O)[O-])C=NCC1.[Na+]. The standard InChI is InChI=1S/C9H14N2O5.Na/c12-8(13)5-11(2-1-10-7-11)3-4-16-6-9(14)15;/h7H,1-6H2,(H-,12,13,14,15);/q;+1/p-1. The molecule has 0 radical (unpaired) electrons. The summed E-state index contributed by atoms with van der Waals surface area (Å²) in [6, 6.07) is 0. The molecule has 0 spiro atoms. The molecule has 1 heterocycles. The predicted octanol–water partition coefficient (Wildman–Crippen LogP) is -6.63. The van der Waals surface area contributed by atoms with Crippen LogP contribution in [0.2, 0.25) is 0 Å². The van der Waals surface area contributed by atoms with Gasteiger partial charge in [-0.3, -0.25) is 4.48 Å². The van der Waals surface area contributed by atoms with Crippen molar-refractivity contribution in [1.82, 2.24) is 0 Å². The molecule has 17 heavy (non-hydrogen) atoms. The summed E-state index contributed by atoms with van der Waals surface area (Å²) in [5, 5.41) is 20.6. The first kappa shape index (κ1) is 16.5. The summed E-state index contributed by atoms with van der Waals surface area (Å²) in [6.45, 7) is 0.995. The van der Waals surface area contributed by atoms with Gasteiger partial charge in [-0.05, 0) is 0 Å². The van der Waals surface area contributed by atoms with Crippen molar-refractivity contribution in [3.8, 4) is 0 Å². The van der Waals surface area contributed by atoms with Gasteiger partial charge in [-0.15, -0.1) is 0 Å². The molecule has 0 N–H and O–H groups in total.